The third-order valence-corrected chi connectivity index (χ3v) is 6.12. The number of nitrogens with one attached hydrogen (secondary N) is 2. The molecule has 0 radical (unpaired) electrons. The van der Waals surface area contributed by atoms with Gasteiger partial charge in [-0.25, -0.2) is 9.48 Å². The van der Waals surface area contributed by atoms with Gasteiger partial charge in [0, 0.05) is 11.9 Å². The van der Waals surface area contributed by atoms with Crippen molar-refractivity contribution in [2.45, 2.75) is 58.5 Å². The number of nitrogens with zero attached hydrogens (tertiary/aromatic N) is 3. The molecule has 1 spiro atoms. The maximum absolute atomic E-state index is 13.1. The Morgan fingerprint density at radius 3 is 2.48 bits per heavy atom. The van der Waals surface area contributed by atoms with Crippen LogP contribution in [0.1, 0.15) is 56.9 Å². The molecule has 2 fully saturated rings. The minimum Gasteiger partial charge on any atom is -0.322 e. The molecule has 1 aliphatic heterocycles. The summed E-state index contributed by atoms with van der Waals surface area (Å²) in [6, 6.07) is 6.05. The first-order chi connectivity index (χ1) is 14.7. The largest absolute Gasteiger partial charge is 0.344 e. The van der Waals surface area contributed by atoms with Gasteiger partial charge in [-0.05, 0) is 43.6 Å². The van der Waals surface area contributed by atoms with Crippen LogP contribution in [0.25, 0.3) is 10.8 Å². The molecule has 1 aromatic carbocycles. The lowest BCUT2D eigenvalue weighted by Gasteiger charge is -2.33. The highest BCUT2D eigenvalue weighted by Crippen LogP contribution is 2.35. The second-order valence-electron chi connectivity index (χ2n) is 9.05. The Morgan fingerprint density at radius 1 is 1.19 bits per heavy atom. The number of urea groups is 1. The van der Waals surface area contributed by atoms with E-state index in [2.05, 4.69) is 22.8 Å². The first-order valence-electron chi connectivity index (χ1n) is 10.7. The molecule has 4 amide bonds. The Balaban J connectivity index is 1.66. The lowest BCUT2D eigenvalue weighted by Crippen LogP contribution is -2.51. The SMILES string of the molecule is CC(C)Cn1nc(C(=O)NN2C(=O)NC3(CCC(C)CC3)C2=O)c2ccccc2c1=O. The predicted octanol–water partition coefficient (Wildman–Crippen LogP) is 2.20. The quantitative estimate of drug-likeness (QED) is 0.729. The molecule has 2 N–H and O–H groups in total. The molecule has 164 valence electrons. The fraction of sp³-hybridized carbons (Fsp3) is 0.500. The molecule has 4 rings (SSSR count). The molecule has 0 unspecified atom stereocenters. The molecule has 1 aromatic heterocycles. The second kappa shape index (κ2) is 7.79. The van der Waals surface area contributed by atoms with Gasteiger partial charge in [-0.2, -0.15) is 10.1 Å². The van der Waals surface area contributed by atoms with E-state index in [9.17, 15) is 19.2 Å². The molecule has 1 saturated heterocycles. The highest BCUT2D eigenvalue weighted by Gasteiger charge is 2.53. The van der Waals surface area contributed by atoms with E-state index in [0.29, 0.717) is 36.1 Å². The zero-order valence-corrected chi connectivity index (χ0v) is 18.0. The van der Waals surface area contributed by atoms with Crippen LogP contribution in [0.4, 0.5) is 4.79 Å². The molecule has 1 saturated carbocycles. The van der Waals surface area contributed by atoms with Crippen LogP contribution in [0.15, 0.2) is 29.1 Å². The van der Waals surface area contributed by atoms with E-state index < -0.39 is 23.4 Å². The monoisotopic (exact) mass is 425 g/mol. The van der Waals surface area contributed by atoms with Gasteiger partial charge in [0.2, 0.25) is 0 Å². The number of aromatic nitrogens is 2. The first kappa shape index (κ1) is 21.0. The minimum atomic E-state index is -0.956. The summed E-state index contributed by atoms with van der Waals surface area (Å²) in [6.45, 7) is 6.35. The summed E-state index contributed by atoms with van der Waals surface area (Å²) < 4.78 is 1.26. The average molecular weight is 425 g/mol. The Labute approximate surface area is 179 Å². The van der Waals surface area contributed by atoms with E-state index in [0.717, 1.165) is 17.9 Å². The van der Waals surface area contributed by atoms with E-state index in [1.165, 1.54) is 4.68 Å². The van der Waals surface area contributed by atoms with Gasteiger partial charge in [0.1, 0.15) is 5.54 Å². The summed E-state index contributed by atoms with van der Waals surface area (Å²) in [5, 5.41) is 8.54. The number of benzene rings is 1. The van der Waals surface area contributed by atoms with Crippen molar-refractivity contribution in [2.75, 3.05) is 0 Å². The molecule has 9 nitrogen and oxygen atoms in total. The number of fused-ring (bicyclic) bond motifs is 1. The molecule has 0 bridgehead atoms. The normalized spacial score (nSPS) is 23.6. The van der Waals surface area contributed by atoms with Gasteiger partial charge in [0.15, 0.2) is 5.69 Å². The highest BCUT2D eigenvalue weighted by molar-refractivity contribution is 6.11. The first-order valence-corrected chi connectivity index (χ1v) is 10.7. The smallest absolute Gasteiger partial charge is 0.322 e. The summed E-state index contributed by atoms with van der Waals surface area (Å²) in [5.41, 5.74) is 1.18. The maximum atomic E-state index is 13.1. The molecule has 2 heterocycles. The van der Waals surface area contributed by atoms with E-state index in [1.807, 2.05) is 13.8 Å². The second-order valence-corrected chi connectivity index (χ2v) is 9.05. The van der Waals surface area contributed by atoms with Gasteiger partial charge >= 0.3 is 6.03 Å². The van der Waals surface area contributed by atoms with E-state index >= 15 is 0 Å². The third kappa shape index (κ3) is 3.68. The summed E-state index contributed by atoms with van der Waals surface area (Å²) in [5.74, 6) is -0.519. The van der Waals surface area contributed by atoms with Crippen molar-refractivity contribution in [3.8, 4) is 0 Å². The number of hydrogen-bond donors (Lipinski definition) is 2. The number of hydrazine groups is 1. The van der Waals surface area contributed by atoms with Crippen LogP contribution in [0.5, 0.6) is 0 Å². The fourth-order valence-corrected chi connectivity index (χ4v) is 4.34. The van der Waals surface area contributed by atoms with Gasteiger partial charge < -0.3 is 5.32 Å². The zero-order chi connectivity index (χ0) is 22.3. The van der Waals surface area contributed by atoms with Crippen LogP contribution in [-0.4, -0.2) is 38.2 Å². The van der Waals surface area contributed by atoms with Gasteiger partial charge in [-0.15, -0.1) is 0 Å². The summed E-state index contributed by atoms with van der Waals surface area (Å²) >= 11 is 0. The maximum Gasteiger partial charge on any atom is 0.344 e. The van der Waals surface area contributed by atoms with Crippen molar-refractivity contribution in [3.05, 3.63) is 40.3 Å². The van der Waals surface area contributed by atoms with Gasteiger partial charge in [0.25, 0.3) is 17.4 Å². The Bertz CT molecular complexity index is 1110. The van der Waals surface area contributed by atoms with Gasteiger partial charge in [-0.3, -0.25) is 19.8 Å². The topological polar surface area (TPSA) is 113 Å². The van der Waals surface area contributed by atoms with E-state index in [-0.39, 0.29) is 17.2 Å². The van der Waals surface area contributed by atoms with Crippen molar-refractivity contribution in [3.63, 3.8) is 0 Å². The molecule has 1 aliphatic carbocycles. The molecule has 31 heavy (non-hydrogen) atoms. The lowest BCUT2D eigenvalue weighted by molar-refractivity contribution is -0.134. The Kier molecular flexibility index (Phi) is 5.28. The number of amides is 4. The predicted molar refractivity (Wildman–Crippen MR) is 114 cm³/mol. The van der Waals surface area contributed by atoms with Crippen LogP contribution in [0.3, 0.4) is 0 Å². The van der Waals surface area contributed by atoms with Crippen LogP contribution in [0, 0.1) is 11.8 Å². The number of carbonyl (C=O) groups excluding carboxylic acids is 3. The van der Waals surface area contributed by atoms with Crippen molar-refractivity contribution < 1.29 is 14.4 Å². The van der Waals surface area contributed by atoms with Crippen molar-refractivity contribution in [1.29, 1.82) is 0 Å². The summed E-state index contributed by atoms with van der Waals surface area (Å²) in [4.78, 5) is 51.5. The number of rotatable bonds is 4. The van der Waals surface area contributed by atoms with Crippen molar-refractivity contribution >= 4 is 28.6 Å². The molecular weight excluding hydrogens is 398 g/mol. The molecule has 2 aromatic rings. The molecular formula is C22H27N5O4. The molecule has 2 aliphatic rings. The standard InChI is InChI=1S/C22H27N5O4/c1-13(2)12-26-19(29)16-7-5-4-6-15(16)17(24-26)18(28)25-27-20(30)22(23-21(27)31)10-8-14(3)9-11-22/h4-7,13-14H,8-12H2,1-3H3,(H,23,31)(H,25,28). The van der Waals surface area contributed by atoms with Crippen LogP contribution in [0.2, 0.25) is 0 Å². The molecule has 0 atom stereocenters. The van der Waals surface area contributed by atoms with E-state index in [4.69, 9.17) is 0 Å². The van der Waals surface area contributed by atoms with Crippen molar-refractivity contribution in [2.24, 2.45) is 11.8 Å². The molecule has 9 heteroatoms. The third-order valence-electron chi connectivity index (χ3n) is 6.12. The van der Waals surface area contributed by atoms with E-state index in [1.54, 1.807) is 24.3 Å². The number of imide groups is 1. The zero-order valence-electron chi connectivity index (χ0n) is 18.0. The highest BCUT2D eigenvalue weighted by atomic mass is 16.2. The Morgan fingerprint density at radius 2 is 1.84 bits per heavy atom. The van der Waals surface area contributed by atoms with Crippen LogP contribution < -0.4 is 16.3 Å². The van der Waals surface area contributed by atoms with Crippen molar-refractivity contribution in [1.82, 2.24) is 25.5 Å². The van der Waals surface area contributed by atoms with Gasteiger partial charge in [-0.1, -0.05) is 39.0 Å². The summed E-state index contributed by atoms with van der Waals surface area (Å²) in [6.07, 6.45) is 2.76. The Hall–Kier alpha value is -3.23. The lowest BCUT2D eigenvalue weighted by atomic mass is 9.77. The number of carbonyl (C=O) groups is 3. The van der Waals surface area contributed by atoms with Crippen LogP contribution in [-0.2, 0) is 11.3 Å². The fourth-order valence-electron chi connectivity index (χ4n) is 4.34. The number of hydrogen-bond acceptors (Lipinski definition) is 5. The van der Waals surface area contributed by atoms with Gasteiger partial charge in [0.05, 0.1) is 5.39 Å². The minimum absolute atomic E-state index is 0.00494. The van der Waals surface area contributed by atoms with Crippen LogP contribution >= 0.6 is 0 Å². The summed E-state index contributed by atoms with van der Waals surface area (Å²) in [7, 11) is 0. The average Bonchev–Trinajstić information content (AvgIpc) is 2.96.